The van der Waals surface area contributed by atoms with Crippen LogP contribution in [0.15, 0.2) is 6.20 Å². The smallest absolute Gasteiger partial charge is 0.277 e. The number of aromatic nitrogens is 1. The fourth-order valence-corrected chi connectivity index (χ4v) is 1.80. The SMILES string of the molecule is CC(C)(C)CCc1cnc(C(N)=O)s1. The third-order valence-corrected chi connectivity index (χ3v) is 2.96. The number of amides is 1. The molecule has 0 saturated carbocycles. The first-order valence-electron chi connectivity index (χ1n) is 4.63. The van der Waals surface area contributed by atoms with E-state index in [1.807, 2.05) is 0 Å². The minimum Gasteiger partial charge on any atom is -0.364 e. The first kappa shape index (κ1) is 11.2. The van der Waals surface area contributed by atoms with E-state index in [-0.39, 0.29) is 0 Å². The van der Waals surface area contributed by atoms with Crippen molar-refractivity contribution in [1.29, 1.82) is 0 Å². The van der Waals surface area contributed by atoms with Crippen LogP contribution in [-0.2, 0) is 6.42 Å². The topological polar surface area (TPSA) is 56.0 Å². The summed E-state index contributed by atoms with van der Waals surface area (Å²) >= 11 is 1.40. The highest BCUT2D eigenvalue weighted by Crippen LogP contribution is 2.23. The first-order chi connectivity index (χ1) is 6.38. The monoisotopic (exact) mass is 212 g/mol. The van der Waals surface area contributed by atoms with E-state index in [9.17, 15) is 4.79 Å². The lowest BCUT2D eigenvalue weighted by atomic mass is 9.90. The summed E-state index contributed by atoms with van der Waals surface area (Å²) in [5.41, 5.74) is 5.43. The van der Waals surface area contributed by atoms with E-state index in [4.69, 9.17) is 5.73 Å². The van der Waals surface area contributed by atoms with Crippen LogP contribution < -0.4 is 5.73 Å². The molecular formula is C10H16N2OS. The van der Waals surface area contributed by atoms with Crippen LogP contribution in [0.25, 0.3) is 0 Å². The van der Waals surface area contributed by atoms with Gasteiger partial charge in [0.15, 0.2) is 5.01 Å². The van der Waals surface area contributed by atoms with Crippen LogP contribution in [0, 0.1) is 5.41 Å². The molecule has 3 nitrogen and oxygen atoms in total. The Labute approximate surface area is 88.3 Å². The van der Waals surface area contributed by atoms with Crippen molar-refractivity contribution in [3.05, 3.63) is 16.1 Å². The third-order valence-electron chi connectivity index (χ3n) is 1.89. The Morgan fingerprint density at radius 2 is 2.21 bits per heavy atom. The Morgan fingerprint density at radius 3 is 2.64 bits per heavy atom. The number of nitrogens with two attached hydrogens (primary N) is 1. The molecular weight excluding hydrogens is 196 g/mol. The molecule has 0 atom stereocenters. The van der Waals surface area contributed by atoms with Crippen molar-refractivity contribution in [2.45, 2.75) is 33.6 Å². The summed E-state index contributed by atoms with van der Waals surface area (Å²) in [6.07, 6.45) is 3.80. The molecule has 0 aliphatic rings. The summed E-state index contributed by atoms with van der Waals surface area (Å²) in [6, 6.07) is 0. The number of carbonyl (C=O) groups is 1. The van der Waals surface area contributed by atoms with Crippen molar-refractivity contribution in [1.82, 2.24) is 4.98 Å². The normalized spacial score (nSPS) is 11.6. The zero-order chi connectivity index (χ0) is 10.8. The first-order valence-corrected chi connectivity index (χ1v) is 5.45. The fraction of sp³-hybridized carbons (Fsp3) is 0.600. The Balaban J connectivity index is 2.56. The van der Waals surface area contributed by atoms with E-state index in [2.05, 4.69) is 25.8 Å². The predicted molar refractivity (Wildman–Crippen MR) is 58.4 cm³/mol. The molecule has 0 unspecified atom stereocenters. The Hall–Kier alpha value is -0.900. The molecule has 0 spiro atoms. The molecule has 1 rings (SSSR count). The molecule has 0 aliphatic carbocycles. The second-order valence-corrected chi connectivity index (χ2v) is 5.67. The van der Waals surface area contributed by atoms with E-state index in [0.29, 0.717) is 10.4 Å². The second-order valence-electron chi connectivity index (χ2n) is 4.56. The van der Waals surface area contributed by atoms with Crippen molar-refractivity contribution in [2.24, 2.45) is 11.1 Å². The molecule has 1 aromatic heterocycles. The fourth-order valence-electron chi connectivity index (χ4n) is 1.04. The van der Waals surface area contributed by atoms with Crippen LogP contribution in [0.3, 0.4) is 0 Å². The minimum absolute atomic E-state index is 0.316. The van der Waals surface area contributed by atoms with Gasteiger partial charge in [-0.1, -0.05) is 20.8 Å². The molecule has 0 saturated heterocycles. The van der Waals surface area contributed by atoms with Crippen LogP contribution in [0.2, 0.25) is 0 Å². The van der Waals surface area contributed by atoms with Crippen molar-refractivity contribution < 1.29 is 4.79 Å². The van der Waals surface area contributed by atoms with Crippen molar-refractivity contribution >= 4 is 17.2 Å². The van der Waals surface area contributed by atoms with Gasteiger partial charge in [-0.3, -0.25) is 4.79 Å². The van der Waals surface area contributed by atoms with E-state index in [0.717, 1.165) is 17.7 Å². The molecule has 0 bridgehead atoms. The van der Waals surface area contributed by atoms with E-state index >= 15 is 0 Å². The molecule has 1 heterocycles. The number of primary amides is 1. The summed E-state index contributed by atoms with van der Waals surface area (Å²) in [5.74, 6) is -0.433. The second kappa shape index (κ2) is 4.09. The van der Waals surface area contributed by atoms with E-state index in [1.165, 1.54) is 11.3 Å². The Morgan fingerprint density at radius 1 is 1.57 bits per heavy atom. The maximum Gasteiger partial charge on any atom is 0.277 e. The Kier molecular flexibility index (Phi) is 3.26. The molecule has 0 fully saturated rings. The molecule has 1 amide bonds. The molecule has 0 aliphatic heterocycles. The van der Waals surface area contributed by atoms with Gasteiger partial charge in [0.1, 0.15) is 0 Å². The predicted octanol–water partition coefficient (Wildman–Crippen LogP) is 2.22. The number of hydrogen-bond acceptors (Lipinski definition) is 3. The lowest BCUT2D eigenvalue weighted by Crippen LogP contribution is -2.09. The van der Waals surface area contributed by atoms with Crippen LogP contribution in [0.4, 0.5) is 0 Å². The van der Waals surface area contributed by atoms with Crippen LogP contribution in [-0.4, -0.2) is 10.9 Å². The highest BCUT2D eigenvalue weighted by Gasteiger charge is 2.12. The Bertz CT molecular complexity index is 325. The summed E-state index contributed by atoms with van der Waals surface area (Å²) in [5, 5.41) is 0.411. The zero-order valence-corrected chi connectivity index (χ0v) is 9.65. The molecule has 0 aromatic carbocycles. The average molecular weight is 212 g/mol. The van der Waals surface area contributed by atoms with Gasteiger partial charge in [-0.25, -0.2) is 4.98 Å². The van der Waals surface area contributed by atoms with Crippen LogP contribution in [0.5, 0.6) is 0 Å². The molecule has 2 N–H and O–H groups in total. The van der Waals surface area contributed by atoms with Crippen LogP contribution >= 0.6 is 11.3 Å². The van der Waals surface area contributed by atoms with Gasteiger partial charge in [0.05, 0.1) is 0 Å². The van der Waals surface area contributed by atoms with Crippen LogP contribution in [0.1, 0.15) is 41.9 Å². The van der Waals surface area contributed by atoms with Gasteiger partial charge >= 0.3 is 0 Å². The number of aryl methyl sites for hydroxylation is 1. The summed E-state index contributed by atoms with van der Waals surface area (Å²) < 4.78 is 0. The van der Waals surface area contributed by atoms with Gasteiger partial charge in [0.25, 0.3) is 5.91 Å². The van der Waals surface area contributed by atoms with Gasteiger partial charge in [0.2, 0.25) is 0 Å². The molecule has 0 radical (unpaired) electrons. The van der Waals surface area contributed by atoms with E-state index < -0.39 is 5.91 Å². The maximum atomic E-state index is 10.8. The summed E-state index contributed by atoms with van der Waals surface area (Å²) in [6.45, 7) is 6.59. The zero-order valence-electron chi connectivity index (χ0n) is 8.83. The summed E-state index contributed by atoms with van der Waals surface area (Å²) in [4.78, 5) is 15.9. The lowest BCUT2D eigenvalue weighted by molar-refractivity contribution is 0.1000. The number of hydrogen-bond donors (Lipinski definition) is 1. The number of nitrogens with zero attached hydrogens (tertiary/aromatic N) is 1. The van der Waals surface area contributed by atoms with Gasteiger partial charge in [0, 0.05) is 11.1 Å². The van der Waals surface area contributed by atoms with Crippen molar-refractivity contribution in [2.75, 3.05) is 0 Å². The van der Waals surface area contributed by atoms with Crippen molar-refractivity contribution in [3.63, 3.8) is 0 Å². The summed E-state index contributed by atoms with van der Waals surface area (Å²) in [7, 11) is 0. The molecule has 14 heavy (non-hydrogen) atoms. The van der Waals surface area contributed by atoms with Gasteiger partial charge in [-0.05, 0) is 18.3 Å². The van der Waals surface area contributed by atoms with Crippen molar-refractivity contribution in [3.8, 4) is 0 Å². The van der Waals surface area contributed by atoms with Gasteiger partial charge < -0.3 is 5.73 Å². The molecule has 78 valence electrons. The minimum atomic E-state index is -0.433. The molecule has 1 aromatic rings. The standard InChI is InChI=1S/C10H16N2OS/c1-10(2,3)5-4-7-6-12-9(14-7)8(11)13/h6H,4-5H2,1-3H3,(H2,11,13). The molecule has 4 heteroatoms. The highest BCUT2D eigenvalue weighted by atomic mass is 32.1. The largest absolute Gasteiger partial charge is 0.364 e. The highest BCUT2D eigenvalue weighted by molar-refractivity contribution is 7.13. The number of carbonyl (C=O) groups excluding carboxylic acids is 1. The quantitative estimate of drug-likeness (QED) is 0.835. The van der Waals surface area contributed by atoms with Gasteiger partial charge in [-0.2, -0.15) is 0 Å². The lowest BCUT2D eigenvalue weighted by Gasteiger charge is -2.16. The van der Waals surface area contributed by atoms with Gasteiger partial charge in [-0.15, -0.1) is 11.3 Å². The third kappa shape index (κ3) is 3.46. The average Bonchev–Trinajstić information content (AvgIpc) is 2.47. The number of rotatable bonds is 3. The van der Waals surface area contributed by atoms with E-state index in [1.54, 1.807) is 6.20 Å². The number of thiazole rings is 1. The maximum absolute atomic E-state index is 10.8.